The van der Waals surface area contributed by atoms with Gasteiger partial charge in [0.1, 0.15) is 5.78 Å². The number of aliphatic hydroxyl groups is 2. The summed E-state index contributed by atoms with van der Waals surface area (Å²) in [7, 11) is 0. The van der Waals surface area contributed by atoms with Crippen LogP contribution in [0.5, 0.6) is 0 Å². The smallest absolute Gasteiger partial charge is 0.138 e. The van der Waals surface area contributed by atoms with Gasteiger partial charge in [-0.1, -0.05) is 32.9 Å². The van der Waals surface area contributed by atoms with E-state index >= 15 is 0 Å². The summed E-state index contributed by atoms with van der Waals surface area (Å²) in [5.41, 5.74) is 1.16. The van der Waals surface area contributed by atoms with Crippen molar-refractivity contribution < 1.29 is 15.0 Å². The lowest BCUT2D eigenvalue weighted by Crippen LogP contribution is -2.46. The highest BCUT2D eigenvalue weighted by Gasteiger charge is 2.50. The Morgan fingerprint density at radius 3 is 2.44 bits per heavy atom. The Morgan fingerprint density at radius 2 is 1.89 bits per heavy atom. The van der Waals surface area contributed by atoms with Crippen LogP contribution in [-0.4, -0.2) is 28.2 Å². The standard InChI is InChI=1S/C15H24O3/c1-8-5-13(17)14(18)9(2)12(16)6-11-10(8)7-15(11,3)4/h9-11,13-14,17-18H,1,5-7H2,2-4H3/t9-,10+,11-,13-,14+/m1/s1. The minimum absolute atomic E-state index is 0.0685. The molecule has 2 fully saturated rings. The third-order valence-corrected chi connectivity index (χ3v) is 5.07. The number of carbonyl (C=O) groups is 1. The third-order valence-electron chi connectivity index (χ3n) is 5.07. The van der Waals surface area contributed by atoms with Crippen molar-refractivity contribution in [3.63, 3.8) is 0 Å². The van der Waals surface area contributed by atoms with Gasteiger partial charge in [-0.05, 0) is 30.1 Å². The molecular weight excluding hydrogens is 228 g/mol. The molecule has 102 valence electrons. The summed E-state index contributed by atoms with van der Waals surface area (Å²) >= 11 is 0. The van der Waals surface area contributed by atoms with Crippen molar-refractivity contribution in [3.05, 3.63) is 12.2 Å². The van der Waals surface area contributed by atoms with Crippen molar-refractivity contribution in [3.8, 4) is 0 Å². The lowest BCUT2D eigenvalue weighted by atomic mass is 9.52. The van der Waals surface area contributed by atoms with Crippen LogP contribution in [0, 0.1) is 23.2 Å². The number of carbonyl (C=O) groups excluding carboxylic acids is 1. The molecular formula is C15H24O3. The molecule has 2 saturated carbocycles. The van der Waals surface area contributed by atoms with E-state index < -0.39 is 18.1 Å². The van der Waals surface area contributed by atoms with Crippen LogP contribution in [0.2, 0.25) is 0 Å². The summed E-state index contributed by atoms with van der Waals surface area (Å²) in [6.45, 7) is 10.1. The first kappa shape index (κ1) is 13.8. The predicted octanol–water partition coefficient (Wildman–Crippen LogP) is 1.93. The zero-order chi connectivity index (χ0) is 13.7. The molecule has 0 aromatic carbocycles. The molecule has 2 aliphatic carbocycles. The van der Waals surface area contributed by atoms with Gasteiger partial charge in [0.25, 0.3) is 0 Å². The van der Waals surface area contributed by atoms with Crippen LogP contribution in [-0.2, 0) is 4.79 Å². The van der Waals surface area contributed by atoms with E-state index in [0.29, 0.717) is 24.7 Å². The van der Waals surface area contributed by atoms with Gasteiger partial charge < -0.3 is 10.2 Å². The van der Waals surface area contributed by atoms with Crippen LogP contribution in [0.3, 0.4) is 0 Å². The second kappa shape index (κ2) is 4.46. The average molecular weight is 252 g/mol. The zero-order valence-corrected chi connectivity index (χ0v) is 11.5. The Bertz CT molecular complexity index is 372. The lowest BCUT2D eigenvalue weighted by molar-refractivity contribution is -0.132. The van der Waals surface area contributed by atoms with Crippen molar-refractivity contribution in [1.29, 1.82) is 0 Å². The Hall–Kier alpha value is -0.670. The maximum absolute atomic E-state index is 12.2. The summed E-state index contributed by atoms with van der Waals surface area (Å²) in [5.74, 6) is 0.232. The molecule has 0 radical (unpaired) electrons. The van der Waals surface area contributed by atoms with Crippen molar-refractivity contribution in [2.24, 2.45) is 23.2 Å². The van der Waals surface area contributed by atoms with Crippen molar-refractivity contribution in [1.82, 2.24) is 0 Å². The molecule has 2 aliphatic rings. The number of Topliss-reactive ketones (excluding diaryl/α,β-unsaturated/α-hetero) is 1. The SMILES string of the molecule is C=C1C[C@@H](O)[C@@H](O)[C@H](C)C(=O)C[C@@H]2[C@H]1CC2(C)C. The van der Waals surface area contributed by atoms with E-state index in [9.17, 15) is 15.0 Å². The summed E-state index contributed by atoms with van der Waals surface area (Å²) in [5, 5.41) is 19.9. The highest BCUT2D eigenvalue weighted by Crippen LogP contribution is 2.56. The van der Waals surface area contributed by atoms with Crippen LogP contribution < -0.4 is 0 Å². The molecule has 3 nitrogen and oxygen atoms in total. The molecule has 5 atom stereocenters. The average Bonchev–Trinajstić information content (AvgIpc) is 2.31. The number of aliphatic hydroxyl groups excluding tert-OH is 2. The molecule has 2 rings (SSSR count). The summed E-state index contributed by atoms with van der Waals surface area (Å²) in [6.07, 6.45) is 0.118. The van der Waals surface area contributed by atoms with Crippen LogP contribution in [0.15, 0.2) is 12.2 Å². The number of rotatable bonds is 0. The number of ketones is 1. The van der Waals surface area contributed by atoms with Gasteiger partial charge in [-0.2, -0.15) is 0 Å². The summed E-state index contributed by atoms with van der Waals surface area (Å²) < 4.78 is 0. The maximum atomic E-state index is 12.2. The van der Waals surface area contributed by atoms with Crippen LogP contribution in [0.4, 0.5) is 0 Å². The van der Waals surface area contributed by atoms with E-state index in [1.165, 1.54) is 0 Å². The first-order valence-corrected chi connectivity index (χ1v) is 6.80. The maximum Gasteiger partial charge on any atom is 0.138 e. The van der Waals surface area contributed by atoms with Gasteiger partial charge in [0, 0.05) is 12.3 Å². The minimum Gasteiger partial charge on any atom is -0.390 e. The molecule has 0 bridgehead atoms. The fraction of sp³-hybridized carbons (Fsp3) is 0.800. The van der Waals surface area contributed by atoms with Gasteiger partial charge in [-0.25, -0.2) is 0 Å². The quantitative estimate of drug-likeness (QED) is 0.648. The molecule has 18 heavy (non-hydrogen) atoms. The summed E-state index contributed by atoms with van der Waals surface area (Å²) in [4.78, 5) is 12.2. The van der Waals surface area contributed by atoms with Crippen LogP contribution >= 0.6 is 0 Å². The van der Waals surface area contributed by atoms with Crippen LogP contribution in [0.25, 0.3) is 0 Å². The first-order valence-electron chi connectivity index (χ1n) is 6.80. The molecule has 0 unspecified atom stereocenters. The Balaban J connectivity index is 2.25. The molecule has 0 amide bonds. The second-order valence-corrected chi connectivity index (χ2v) is 6.79. The van der Waals surface area contributed by atoms with E-state index in [4.69, 9.17) is 0 Å². The monoisotopic (exact) mass is 252 g/mol. The summed E-state index contributed by atoms with van der Waals surface area (Å²) in [6, 6.07) is 0. The molecule has 2 N–H and O–H groups in total. The molecule has 0 saturated heterocycles. The van der Waals surface area contributed by atoms with Crippen molar-refractivity contribution in [2.75, 3.05) is 0 Å². The normalized spacial score (nSPS) is 44.4. The molecule has 0 aromatic heterocycles. The van der Waals surface area contributed by atoms with Gasteiger partial charge in [-0.3, -0.25) is 4.79 Å². The van der Waals surface area contributed by atoms with Gasteiger partial charge in [-0.15, -0.1) is 0 Å². The van der Waals surface area contributed by atoms with Crippen LogP contribution in [0.1, 0.15) is 40.0 Å². The fourth-order valence-electron chi connectivity index (χ4n) is 3.56. The van der Waals surface area contributed by atoms with Crippen molar-refractivity contribution in [2.45, 2.75) is 52.2 Å². The van der Waals surface area contributed by atoms with E-state index in [0.717, 1.165) is 12.0 Å². The van der Waals surface area contributed by atoms with Gasteiger partial charge >= 0.3 is 0 Å². The highest BCUT2D eigenvalue weighted by molar-refractivity contribution is 5.82. The van der Waals surface area contributed by atoms with E-state index in [2.05, 4.69) is 20.4 Å². The minimum atomic E-state index is -0.963. The highest BCUT2D eigenvalue weighted by atomic mass is 16.3. The third kappa shape index (κ3) is 2.14. The lowest BCUT2D eigenvalue weighted by Gasteiger charge is -2.52. The Morgan fingerprint density at radius 1 is 1.28 bits per heavy atom. The van der Waals surface area contributed by atoms with Crippen molar-refractivity contribution >= 4 is 5.78 Å². The predicted molar refractivity (Wildman–Crippen MR) is 69.9 cm³/mol. The number of hydrogen-bond acceptors (Lipinski definition) is 3. The molecule has 0 aliphatic heterocycles. The molecule has 3 heteroatoms. The molecule has 0 heterocycles. The van der Waals surface area contributed by atoms with E-state index in [-0.39, 0.29) is 11.2 Å². The van der Waals surface area contributed by atoms with Gasteiger partial charge in [0.15, 0.2) is 0 Å². The number of hydrogen-bond donors (Lipinski definition) is 2. The first-order chi connectivity index (χ1) is 8.24. The van der Waals surface area contributed by atoms with E-state index in [1.807, 2.05) is 0 Å². The van der Waals surface area contributed by atoms with Gasteiger partial charge in [0.2, 0.25) is 0 Å². The zero-order valence-electron chi connectivity index (χ0n) is 11.5. The van der Waals surface area contributed by atoms with Gasteiger partial charge in [0.05, 0.1) is 12.2 Å². The number of fused-ring (bicyclic) bond motifs is 1. The Kier molecular flexibility index (Phi) is 3.41. The Labute approximate surface area is 109 Å². The largest absolute Gasteiger partial charge is 0.390 e. The fourth-order valence-corrected chi connectivity index (χ4v) is 3.56. The molecule has 0 spiro atoms. The second-order valence-electron chi connectivity index (χ2n) is 6.79. The van der Waals surface area contributed by atoms with E-state index in [1.54, 1.807) is 6.92 Å². The molecule has 0 aromatic rings. The topological polar surface area (TPSA) is 57.5 Å².